The summed E-state index contributed by atoms with van der Waals surface area (Å²) in [6, 6.07) is 10.0. The number of Topliss-reactive ketones (excluding diaryl/α,β-unsaturated/α-hetero) is 1. The molecule has 144 valence electrons. The highest BCUT2D eigenvalue weighted by atomic mass is 35.5. The molecule has 0 spiro atoms. The number of esters is 1. The third-order valence-electron chi connectivity index (χ3n) is 3.71. The molecule has 2 aromatic carbocycles. The molecule has 0 unspecified atom stereocenters. The zero-order chi connectivity index (χ0) is 20.1. The van der Waals surface area contributed by atoms with E-state index in [1.807, 2.05) is 0 Å². The maximum atomic E-state index is 12.9. The van der Waals surface area contributed by atoms with Gasteiger partial charge in [0.1, 0.15) is 5.82 Å². The van der Waals surface area contributed by atoms with Crippen molar-refractivity contribution >= 4 is 35.0 Å². The van der Waals surface area contributed by atoms with Gasteiger partial charge in [-0.2, -0.15) is 4.98 Å². The van der Waals surface area contributed by atoms with Gasteiger partial charge in [-0.3, -0.25) is 9.59 Å². The molecule has 9 heteroatoms. The fraction of sp³-hybridized carbons (Fsp3) is 0.158. The second-order valence-corrected chi connectivity index (χ2v) is 6.57. The van der Waals surface area contributed by atoms with Crippen LogP contribution >= 0.6 is 23.2 Å². The number of ether oxygens (including phenoxy) is 1. The monoisotopic (exact) mass is 422 g/mol. The van der Waals surface area contributed by atoms with Crippen molar-refractivity contribution < 1.29 is 23.2 Å². The first-order valence-corrected chi connectivity index (χ1v) is 8.90. The lowest BCUT2D eigenvalue weighted by Gasteiger charge is -2.05. The van der Waals surface area contributed by atoms with Crippen molar-refractivity contribution in [1.29, 1.82) is 0 Å². The average molecular weight is 423 g/mol. The summed E-state index contributed by atoms with van der Waals surface area (Å²) in [5.74, 6) is -0.893. The average Bonchev–Trinajstić information content (AvgIpc) is 3.14. The summed E-state index contributed by atoms with van der Waals surface area (Å²) >= 11 is 11.7. The van der Waals surface area contributed by atoms with Crippen molar-refractivity contribution in [2.45, 2.75) is 12.8 Å². The van der Waals surface area contributed by atoms with Crippen LogP contribution in [0, 0.1) is 5.82 Å². The Kier molecular flexibility index (Phi) is 6.38. The minimum atomic E-state index is -0.597. The molecule has 1 heterocycles. The van der Waals surface area contributed by atoms with E-state index in [0.717, 1.165) is 0 Å². The fourth-order valence-electron chi connectivity index (χ4n) is 2.29. The van der Waals surface area contributed by atoms with Crippen LogP contribution in [0.15, 0.2) is 47.0 Å². The summed E-state index contributed by atoms with van der Waals surface area (Å²) in [6.07, 6.45) is 0.0929. The minimum Gasteiger partial charge on any atom is -0.457 e. The van der Waals surface area contributed by atoms with Gasteiger partial charge in [-0.1, -0.05) is 28.4 Å². The van der Waals surface area contributed by atoms with Gasteiger partial charge in [0.05, 0.1) is 11.4 Å². The third kappa shape index (κ3) is 5.15. The Hall–Kier alpha value is -2.77. The molecule has 0 atom stereocenters. The van der Waals surface area contributed by atoms with Crippen molar-refractivity contribution in [2.24, 2.45) is 0 Å². The predicted octanol–water partition coefficient (Wildman–Crippen LogP) is 4.54. The van der Waals surface area contributed by atoms with Crippen LogP contribution in [-0.4, -0.2) is 28.5 Å². The topological polar surface area (TPSA) is 82.3 Å². The molecule has 6 nitrogen and oxygen atoms in total. The fourth-order valence-corrected chi connectivity index (χ4v) is 2.81. The lowest BCUT2D eigenvalue weighted by Crippen LogP contribution is -2.15. The SMILES string of the molecule is O=C(CCc1nc(-c2ccc(F)cc2)no1)OCC(=O)c1ccc(Cl)cc1Cl. The number of hydrogen-bond donors (Lipinski definition) is 0. The Morgan fingerprint density at radius 3 is 2.57 bits per heavy atom. The Morgan fingerprint density at radius 2 is 1.86 bits per heavy atom. The molecule has 28 heavy (non-hydrogen) atoms. The molecule has 0 bridgehead atoms. The molecular formula is C19H13Cl2FN2O4. The van der Waals surface area contributed by atoms with Crippen LogP contribution in [0.5, 0.6) is 0 Å². The number of hydrogen-bond acceptors (Lipinski definition) is 6. The van der Waals surface area contributed by atoms with Crippen LogP contribution in [0.25, 0.3) is 11.4 Å². The Labute approximate surface area is 169 Å². The smallest absolute Gasteiger partial charge is 0.306 e. The van der Waals surface area contributed by atoms with Gasteiger partial charge in [0, 0.05) is 22.6 Å². The summed E-state index contributed by atoms with van der Waals surface area (Å²) in [5.41, 5.74) is 0.809. The first kappa shape index (κ1) is 20.0. The number of carbonyl (C=O) groups is 2. The molecule has 0 saturated heterocycles. The first-order chi connectivity index (χ1) is 13.4. The zero-order valence-corrected chi connectivity index (χ0v) is 15.8. The molecule has 0 fully saturated rings. The quantitative estimate of drug-likeness (QED) is 0.410. The molecule has 0 aliphatic rings. The Bertz CT molecular complexity index is 1010. The molecule has 0 aliphatic carbocycles. The number of rotatable bonds is 7. The van der Waals surface area contributed by atoms with Crippen molar-refractivity contribution in [3.63, 3.8) is 0 Å². The molecule has 3 aromatic rings. The number of ketones is 1. The number of nitrogens with zero attached hydrogens (tertiary/aromatic N) is 2. The normalized spacial score (nSPS) is 10.7. The van der Waals surface area contributed by atoms with E-state index in [4.69, 9.17) is 32.5 Å². The van der Waals surface area contributed by atoms with Crippen molar-refractivity contribution in [1.82, 2.24) is 10.1 Å². The van der Waals surface area contributed by atoms with Crippen LogP contribution < -0.4 is 0 Å². The predicted molar refractivity (Wildman–Crippen MR) is 99.8 cm³/mol. The van der Waals surface area contributed by atoms with Gasteiger partial charge in [-0.05, 0) is 42.5 Å². The van der Waals surface area contributed by atoms with Crippen LogP contribution in [-0.2, 0) is 16.0 Å². The van der Waals surface area contributed by atoms with Gasteiger partial charge in [0.15, 0.2) is 6.61 Å². The zero-order valence-electron chi connectivity index (χ0n) is 14.3. The van der Waals surface area contributed by atoms with Crippen LogP contribution in [0.4, 0.5) is 4.39 Å². The number of carbonyl (C=O) groups excluding carboxylic acids is 2. The van der Waals surface area contributed by atoms with Crippen molar-refractivity contribution in [2.75, 3.05) is 6.61 Å². The highest BCUT2D eigenvalue weighted by Gasteiger charge is 2.15. The Balaban J connectivity index is 1.49. The van der Waals surface area contributed by atoms with E-state index in [0.29, 0.717) is 10.6 Å². The molecule has 0 N–H and O–H groups in total. The molecule has 0 amide bonds. The van der Waals surface area contributed by atoms with E-state index in [-0.39, 0.29) is 41.0 Å². The highest BCUT2D eigenvalue weighted by Crippen LogP contribution is 2.21. The summed E-state index contributed by atoms with van der Waals surface area (Å²) in [5, 5.41) is 4.37. The number of benzene rings is 2. The van der Waals surface area contributed by atoms with E-state index in [2.05, 4.69) is 10.1 Å². The summed E-state index contributed by atoms with van der Waals surface area (Å²) in [6.45, 7) is -0.440. The van der Waals surface area contributed by atoms with Gasteiger partial charge < -0.3 is 9.26 Å². The summed E-state index contributed by atoms with van der Waals surface area (Å²) < 4.78 is 23.0. The second-order valence-electron chi connectivity index (χ2n) is 5.73. The van der Waals surface area contributed by atoms with E-state index >= 15 is 0 Å². The Morgan fingerprint density at radius 1 is 1.11 bits per heavy atom. The van der Waals surface area contributed by atoms with Gasteiger partial charge in [0.2, 0.25) is 17.5 Å². The van der Waals surface area contributed by atoms with Crippen LogP contribution in [0.2, 0.25) is 10.0 Å². The first-order valence-electron chi connectivity index (χ1n) is 8.15. The van der Waals surface area contributed by atoms with Crippen molar-refractivity contribution in [3.05, 3.63) is 69.8 Å². The number of halogens is 3. The van der Waals surface area contributed by atoms with E-state index in [1.165, 1.54) is 42.5 Å². The van der Waals surface area contributed by atoms with Gasteiger partial charge in [-0.15, -0.1) is 0 Å². The minimum absolute atomic E-state index is 0.0489. The highest BCUT2D eigenvalue weighted by molar-refractivity contribution is 6.36. The molecule has 0 saturated carbocycles. The molecule has 3 rings (SSSR count). The maximum absolute atomic E-state index is 12.9. The van der Waals surface area contributed by atoms with E-state index in [9.17, 15) is 14.0 Å². The number of aromatic nitrogens is 2. The molecular weight excluding hydrogens is 410 g/mol. The lowest BCUT2D eigenvalue weighted by molar-refractivity contribution is -0.142. The largest absolute Gasteiger partial charge is 0.457 e. The number of aryl methyl sites for hydroxylation is 1. The second kappa shape index (κ2) is 8.95. The molecule has 0 aliphatic heterocycles. The van der Waals surface area contributed by atoms with Crippen LogP contribution in [0.3, 0.4) is 0 Å². The van der Waals surface area contributed by atoms with Gasteiger partial charge in [-0.25, -0.2) is 4.39 Å². The molecule has 1 aromatic heterocycles. The summed E-state index contributed by atoms with van der Waals surface area (Å²) in [4.78, 5) is 28.1. The maximum Gasteiger partial charge on any atom is 0.306 e. The standard InChI is InChI=1S/C19H13Cl2FN2O4/c20-12-3-6-14(15(21)9-12)16(25)10-27-18(26)8-7-17-23-19(24-28-17)11-1-4-13(22)5-2-11/h1-6,9H,7-8,10H2. The van der Waals surface area contributed by atoms with Crippen molar-refractivity contribution in [3.8, 4) is 11.4 Å². The molecule has 0 radical (unpaired) electrons. The third-order valence-corrected chi connectivity index (χ3v) is 4.26. The van der Waals surface area contributed by atoms with Gasteiger partial charge >= 0.3 is 5.97 Å². The van der Waals surface area contributed by atoms with E-state index in [1.54, 1.807) is 0 Å². The lowest BCUT2D eigenvalue weighted by atomic mass is 10.1. The van der Waals surface area contributed by atoms with Crippen LogP contribution in [0.1, 0.15) is 22.7 Å². The van der Waals surface area contributed by atoms with E-state index < -0.39 is 18.4 Å². The van der Waals surface area contributed by atoms with Gasteiger partial charge in [0.25, 0.3) is 0 Å². The summed E-state index contributed by atoms with van der Waals surface area (Å²) in [7, 11) is 0.